The Morgan fingerprint density at radius 1 is 1.32 bits per heavy atom. The van der Waals surface area contributed by atoms with Gasteiger partial charge in [0, 0.05) is 23.8 Å². The van der Waals surface area contributed by atoms with Crippen LogP contribution in [0.15, 0.2) is 36.7 Å². The van der Waals surface area contributed by atoms with Gasteiger partial charge in [-0.15, -0.1) is 0 Å². The summed E-state index contributed by atoms with van der Waals surface area (Å²) in [6.07, 6.45) is 5.30. The van der Waals surface area contributed by atoms with Gasteiger partial charge in [0.15, 0.2) is 0 Å². The predicted octanol–water partition coefficient (Wildman–Crippen LogP) is 3.93. The fraction of sp³-hybridized carbons (Fsp3) is 0.471. The zero-order valence-corrected chi connectivity index (χ0v) is 12.0. The summed E-state index contributed by atoms with van der Waals surface area (Å²) in [5.41, 5.74) is 1.82. The van der Waals surface area contributed by atoms with Gasteiger partial charge in [0.1, 0.15) is 0 Å². The van der Waals surface area contributed by atoms with Gasteiger partial charge in [0.05, 0.1) is 0 Å². The molecule has 1 N–H and O–H groups in total. The first kappa shape index (κ1) is 12.6. The first-order valence-electron chi connectivity index (χ1n) is 7.19. The summed E-state index contributed by atoms with van der Waals surface area (Å²) in [5.74, 6) is 0.722. The van der Waals surface area contributed by atoms with Crippen molar-refractivity contribution in [1.29, 1.82) is 0 Å². The van der Waals surface area contributed by atoms with E-state index in [1.54, 1.807) is 0 Å². The van der Waals surface area contributed by atoms with E-state index in [0.717, 1.165) is 12.5 Å². The molecule has 0 bridgehead atoms. The second kappa shape index (κ2) is 4.61. The number of fused-ring (bicyclic) bond motifs is 1. The highest BCUT2D eigenvalue weighted by Crippen LogP contribution is 2.58. The third-order valence-corrected chi connectivity index (χ3v) is 4.45. The van der Waals surface area contributed by atoms with E-state index in [1.165, 1.54) is 22.8 Å². The Hall–Kier alpha value is -1.41. The molecule has 1 aliphatic carbocycles. The quantitative estimate of drug-likeness (QED) is 0.894. The lowest BCUT2D eigenvalue weighted by Crippen LogP contribution is -2.24. The lowest BCUT2D eigenvalue weighted by Gasteiger charge is -2.21. The van der Waals surface area contributed by atoms with Crippen molar-refractivity contribution in [1.82, 2.24) is 10.3 Å². The third kappa shape index (κ3) is 2.25. The Balaban J connectivity index is 2.05. The van der Waals surface area contributed by atoms with Gasteiger partial charge in [-0.1, -0.05) is 45.0 Å². The summed E-state index contributed by atoms with van der Waals surface area (Å²) in [7, 11) is 0. The van der Waals surface area contributed by atoms with Crippen LogP contribution in [0.4, 0.5) is 0 Å². The van der Waals surface area contributed by atoms with Crippen LogP contribution in [0.3, 0.4) is 0 Å². The highest BCUT2D eigenvalue weighted by atomic mass is 14.9. The Bertz CT molecular complexity index is 583. The molecule has 2 atom stereocenters. The van der Waals surface area contributed by atoms with Crippen LogP contribution >= 0.6 is 0 Å². The zero-order chi connectivity index (χ0) is 13.5. The van der Waals surface area contributed by atoms with Crippen LogP contribution in [0.2, 0.25) is 0 Å². The monoisotopic (exact) mass is 254 g/mol. The molecule has 1 aromatic heterocycles. The van der Waals surface area contributed by atoms with Gasteiger partial charge in [0.25, 0.3) is 0 Å². The molecule has 0 spiro atoms. The molecule has 19 heavy (non-hydrogen) atoms. The van der Waals surface area contributed by atoms with Crippen molar-refractivity contribution < 1.29 is 0 Å². The maximum atomic E-state index is 4.43. The van der Waals surface area contributed by atoms with Crippen molar-refractivity contribution in [2.24, 2.45) is 11.3 Å². The number of nitrogens with zero attached hydrogens (tertiary/aromatic N) is 1. The van der Waals surface area contributed by atoms with Crippen molar-refractivity contribution in [3.63, 3.8) is 0 Å². The average Bonchev–Trinajstić information content (AvgIpc) is 3.04. The molecule has 2 heteroatoms. The van der Waals surface area contributed by atoms with Gasteiger partial charge in [0.2, 0.25) is 0 Å². The normalized spacial score (nSPS) is 22.4. The molecule has 0 radical (unpaired) electrons. The molecule has 1 fully saturated rings. The molecule has 3 rings (SSSR count). The summed E-state index contributed by atoms with van der Waals surface area (Å²) >= 11 is 0. The molecule has 2 aromatic rings. The molecule has 0 saturated heterocycles. The fourth-order valence-corrected chi connectivity index (χ4v) is 3.15. The van der Waals surface area contributed by atoms with E-state index in [4.69, 9.17) is 0 Å². The topological polar surface area (TPSA) is 24.9 Å². The largest absolute Gasteiger partial charge is 0.310 e. The maximum Gasteiger partial charge on any atom is 0.0375 e. The second-order valence-electron chi connectivity index (χ2n) is 6.28. The molecular formula is C17H22N2. The van der Waals surface area contributed by atoms with E-state index in [-0.39, 0.29) is 0 Å². The van der Waals surface area contributed by atoms with Crippen LogP contribution in [-0.4, -0.2) is 11.5 Å². The maximum absolute atomic E-state index is 4.43. The second-order valence-corrected chi connectivity index (χ2v) is 6.28. The molecule has 1 aliphatic rings. The third-order valence-electron chi connectivity index (χ3n) is 4.45. The van der Waals surface area contributed by atoms with E-state index in [2.05, 4.69) is 55.3 Å². The van der Waals surface area contributed by atoms with Crippen molar-refractivity contribution in [3.05, 3.63) is 42.2 Å². The summed E-state index contributed by atoms with van der Waals surface area (Å²) in [4.78, 5) is 4.43. The van der Waals surface area contributed by atoms with Crippen molar-refractivity contribution in [2.45, 2.75) is 33.2 Å². The summed E-state index contributed by atoms with van der Waals surface area (Å²) in [6.45, 7) is 7.91. The zero-order valence-electron chi connectivity index (χ0n) is 12.0. The van der Waals surface area contributed by atoms with Crippen LogP contribution in [-0.2, 0) is 0 Å². The fourth-order valence-electron chi connectivity index (χ4n) is 3.15. The molecule has 0 amide bonds. The molecular weight excluding hydrogens is 232 g/mol. The highest BCUT2D eigenvalue weighted by Gasteiger charge is 2.50. The highest BCUT2D eigenvalue weighted by molar-refractivity contribution is 5.85. The first-order valence-corrected chi connectivity index (χ1v) is 7.19. The average molecular weight is 254 g/mol. The van der Waals surface area contributed by atoms with E-state index < -0.39 is 0 Å². The van der Waals surface area contributed by atoms with Crippen LogP contribution in [0.25, 0.3) is 10.8 Å². The van der Waals surface area contributed by atoms with Crippen molar-refractivity contribution in [3.8, 4) is 0 Å². The van der Waals surface area contributed by atoms with E-state index in [1.807, 2.05) is 12.4 Å². The number of aromatic nitrogens is 1. The van der Waals surface area contributed by atoms with Crippen LogP contribution in [0.1, 0.15) is 38.8 Å². The van der Waals surface area contributed by atoms with Gasteiger partial charge in [-0.3, -0.25) is 4.98 Å². The standard InChI is InChI=1S/C17H22N2/c1-4-19-16(15-9-17(15,2)3)14-11-18-10-12-7-5-6-8-13(12)14/h5-8,10-11,15-16,19H,4,9H2,1-3H3. The minimum absolute atomic E-state index is 0.429. The number of nitrogens with one attached hydrogen (secondary N) is 1. The molecule has 0 aliphatic heterocycles. The van der Waals surface area contributed by atoms with E-state index >= 15 is 0 Å². The lowest BCUT2D eigenvalue weighted by atomic mass is 9.94. The number of hydrogen-bond acceptors (Lipinski definition) is 2. The van der Waals surface area contributed by atoms with Gasteiger partial charge in [-0.2, -0.15) is 0 Å². The van der Waals surface area contributed by atoms with Gasteiger partial charge in [-0.05, 0) is 35.2 Å². The molecule has 2 nitrogen and oxygen atoms in total. The van der Waals surface area contributed by atoms with Crippen LogP contribution in [0.5, 0.6) is 0 Å². The number of rotatable bonds is 4. The number of pyridine rings is 1. The minimum atomic E-state index is 0.429. The number of benzene rings is 1. The van der Waals surface area contributed by atoms with Crippen molar-refractivity contribution >= 4 is 10.8 Å². The van der Waals surface area contributed by atoms with Crippen LogP contribution < -0.4 is 5.32 Å². The SMILES string of the molecule is CCNC(c1cncc2ccccc12)C1CC1(C)C. The molecule has 1 saturated carbocycles. The van der Waals surface area contributed by atoms with E-state index in [9.17, 15) is 0 Å². The molecule has 1 aromatic carbocycles. The lowest BCUT2D eigenvalue weighted by molar-refractivity contribution is 0.425. The van der Waals surface area contributed by atoms with Gasteiger partial charge >= 0.3 is 0 Å². The Labute approximate surface area is 115 Å². The van der Waals surface area contributed by atoms with Crippen LogP contribution in [0, 0.1) is 11.3 Å². The Morgan fingerprint density at radius 3 is 2.74 bits per heavy atom. The first-order chi connectivity index (χ1) is 9.13. The Kier molecular flexibility index (Phi) is 3.06. The van der Waals surface area contributed by atoms with Gasteiger partial charge in [-0.25, -0.2) is 0 Å². The molecule has 100 valence electrons. The van der Waals surface area contributed by atoms with Gasteiger partial charge < -0.3 is 5.32 Å². The summed E-state index contributed by atoms with van der Waals surface area (Å²) in [6, 6.07) is 8.99. The Morgan fingerprint density at radius 2 is 2.05 bits per heavy atom. The van der Waals surface area contributed by atoms with Crippen molar-refractivity contribution in [2.75, 3.05) is 6.54 Å². The predicted molar refractivity (Wildman–Crippen MR) is 80.0 cm³/mol. The molecule has 2 unspecified atom stereocenters. The minimum Gasteiger partial charge on any atom is -0.310 e. The van der Waals surface area contributed by atoms with E-state index in [0.29, 0.717) is 11.5 Å². The summed E-state index contributed by atoms with van der Waals surface area (Å²) < 4.78 is 0. The molecule has 1 heterocycles. The summed E-state index contributed by atoms with van der Waals surface area (Å²) in [5, 5.41) is 6.25. The number of hydrogen-bond donors (Lipinski definition) is 1. The smallest absolute Gasteiger partial charge is 0.0375 e.